The molecule has 1 aliphatic carbocycles. The molecular formula is C14H16F2O2. The molecule has 0 atom stereocenters. The van der Waals surface area contributed by atoms with Crippen molar-refractivity contribution in [1.29, 1.82) is 0 Å². The Labute approximate surface area is 105 Å². The molecule has 0 heterocycles. The molecule has 0 spiro atoms. The van der Waals surface area contributed by atoms with E-state index in [-0.39, 0.29) is 23.8 Å². The first-order valence-electron chi connectivity index (χ1n) is 6.23. The van der Waals surface area contributed by atoms with Crippen molar-refractivity contribution >= 4 is 5.97 Å². The van der Waals surface area contributed by atoms with Crippen LogP contribution in [0.5, 0.6) is 0 Å². The Morgan fingerprint density at radius 3 is 2.22 bits per heavy atom. The third-order valence-corrected chi connectivity index (χ3v) is 3.72. The van der Waals surface area contributed by atoms with Crippen molar-refractivity contribution in [3.05, 3.63) is 35.4 Å². The summed E-state index contributed by atoms with van der Waals surface area (Å²) >= 11 is 0. The molecule has 0 unspecified atom stereocenters. The van der Waals surface area contributed by atoms with E-state index in [0.29, 0.717) is 12.8 Å². The second-order valence-electron chi connectivity index (χ2n) is 4.95. The van der Waals surface area contributed by atoms with Crippen molar-refractivity contribution in [2.45, 2.75) is 38.0 Å². The van der Waals surface area contributed by atoms with E-state index in [1.165, 1.54) is 18.2 Å². The fourth-order valence-electron chi connectivity index (χ4n) is 2.80. The first kappa shape index (κ1) is 13.0. The van der Waals surface area contributed by atoms with Gasteiger partial charge in [0.05, 0.1) is 0 Å². The van der Waals surface area contributed by atoms with Crippen LogP contribution < -0.4 is 0 Å². The van der Waals surface area contributed by atoms with E-state index in [1.807, 2.05) is 0 Å². The lowest BCUT2D eigenvalue weighted by Crippen LogP contribution is -2.17. The van der Waals surface area contributed by atoms with Gasteiger partial charge in [-0.2, -0.15) is 0 Å². The van der Waals surface area contributed by atoms with E-state index in [2.05, 4.69) is 0 Å². The summed E-state index contributed by atoms with van der Waals surface area (Å²) in [5.74, 6) is -1.74. The van der Waals surface area contributed by atoms with Gasteiger partial charge in [-0.05, 0) is 49.7 Å². The van der Waals surface area contributed by atoms with E-state index in [0.717, 1.165) is 12.8 Å². The number of carbonyl (C=O) groups is 1. The largest absolute Gasteiger partial charge is 0.481 e. The zero-order valence-electron chi connectivity index (χ0n) is 10.0. The van der Waals surface area contributed by atoms with Gasteiger partial charge in [0, 0.05) is 12.0 Å². The van der Waals surface area contributed by atoms with E-state index in [4.69, 9.17) is 5.11 Å². The zero-order valence-corrected chi connectivity index (χ0v) is 10.0. The number of aliphatic carboxylic acids is 1. The molecule has 0 bridgehead atoms. The van der Waals surface area contributed by atoms with Crippen LogP contribution >= 0.6 is 0 Å². The summed E-state index contributed by atoms with van der Waals surface area (Å²) in [6, 6.07) is 3.92. The molecule has 1 aromatic carbocycles. The van der Waals surface area contributed by atoms with Crippen LogP contribution in [0.15, 0.2) is 18.2 Å². The number of hydrogen-bond donors (Lipinski definition) is 1. The number of hydrogen-bond acceptors (Lipinski definition) is 1. The highest BCUT2D eigenvalue weighted by atomic mass is 19.1. The molecule has 0 saturated heterocycles. The summed E-state index contributed by atoms with van der Waals surface area (Å²) in [6.45, 7) is 0. The molecule has 0 aliphatic heterocycles. The highest BCUT2D eigenvalue weighted by molar-refractivity contribution is 5.67. The van der Waals surface area contributed by atoms with Gasteiger partial charge in [0.2, 0.25) is 0 Å². The molecule has 0 aromatic heterocycles. The van der Waals surface area contributed by atoms with Crippen molar-refractivity contribution in [2.75, 3.05) is 0 Å². The highest BCUT2D eigenvalue weighted by Crippen LogP contribution is 2.38. The molecule has 1 saturated carbocycles. The van der Waals surface area contributed by atoms with Gasteiger partial charge >= 0.3 is 5.97 Å². The second-order valence-corrected chi connectivity index (χ2v) is 4.95. The van der Waals surface area contributed by atoms with E-state index >= 15 is 0 Å². The monoisotopic (exact) mass is 254 g/mol. The molecular weight excluding hydrogens is 238 g/mol. The summed E-state index contributed by atoms with van der Waals surface area (Å²) in [5.41, 5.74) is 0.172. The summed E-state index contributed by atoms with van der Waals surface area (Å²) < 4.78 is 27.2. The molecule has 0 amide bonds. The van der Waals surface area contributed by atoms with Crippen molar-refractivity contribution in [3.8, 4) is 0 Å². The molecule has 2 rings (SSSR count). The Bertz CT molecular complexity index is 417. The zero-order chi connectivity index (χ0) is 13.1. The number of halogens is 2. The predicted molar refractivity (Wildman–Crippen MR) is 63.3 cm³/mol. The maximum Gasteiger partial charge on any atom is 0.303 e. The predicted octanol–water partition coefficient (Wildman–Crippen LogP) is 3.71. The summed E-state index contributed by atoms with van der Waals surface area (Å²) in [4.78, 5) is 10.6. The topological polar surface area (TPSA) is 37.3 Å². The van der Waals surface area contributed by atoms with Crippen molar-refractivity contribution in [3.63, 3.8) is 0 Å². The Hall–Kier alpha value is -1.45. The Morgan fingerprint density at radius 1 is 1.17 bits per heavy atom. The normalized spacial score (nSPS) is 23.9. The number of benzene rings is 1. The van der Waals surface area contributed by atoms with Crippen molar-refractivity contribution < 1.29 is 18.7 Å². The van der Waals surface area contributed by atoms with Gasteiger partial charge in [0.25, 0.3) is 0 Å². The van der Waals surface area contributed by atoms with E-state index < -0.39 is 17.6 Å². The second kappa shape index (κ2) is 5.46. The number of carboxylic acids is 1. The van der Waals surface area contributed by atoms with Crippen LogP contribution in [0, 0.1) is 17.6 Å². The summed E-state index contributed by atoms with van der Waals surface area (Å²) in [5, 5.41) is 8.72. The smallest absolute Gasteiger partial charge is 0.303 e. The van der Waals surface area contributed by atoms with Gasteiger partial charge in [-0.15, -0.1) is 0 Å². The minimum Gasteiger partial charge on any atom is -0.481 e. The third kappa shape index (κ3) is 2.86. The molecule has 98 valence electrons. The van der Waals surface area contributed by atoms with E-state index in [1.54, 1.807) is 0 Å². The van der Waals surface area contributed by atoms with Crippen LogP contribution in [0.25, 0.3) is 0 Å². The lowest BCUT2D eigenvalue weighted by atomic mass is 9.77. The lowest BCUT2D eigenvalue weighted by molar-refractivity contribution is -0.138. The maximum atomic E-state index is 13.6. The fraction of sp³-hybridized carbons (Fsp3) is 0.500. The molecule has 4 heteroatoms. The maximum absolute atomic E-state index is 13.6. The van der Waals surface area contributed by atoms with Gasteiger partial charge < -0.3 is 5.11 Å². The van der Waals surface area contributed by atoms with Gasteiger partial charge in [0.15, 0.2) is 0 Å². The SMILES string of the molecule is O=C(O)CC1CCC(c2c(F)cccc2F)CC1. The van der Waals surface area contributed by atoms with E-state index in [9.17, 15) is 13.6 Å². The van der Waals surface area contributed by atoms with Gasteiger partial charge in [0.1, 0.15) is 11.6 Å². The van der Waals surface area contributed by atoms with Crippen LogP contribution in [0.1, 0.15) is 43.6 Å². The number of carboxylic acid groups (broad SMARTS) is 1. The average Bonchev–Trinajstić information content (AvgIpc) is 2.30. The Kier molecular flexibility index (Phi) is 3.94. The van der Waals surface area contributed by atoms with Gasteiger partial charge in [-0.1, -0.05) is 6.07 Å². The van der Waals surface area contributed by atoms with Crippen molar-refractivity contribution in [1.82, 2.24) is 0 Å². The summed E-state index contributed by atoms with van der Waals surface area (Å²) in [7, 11) is 0. The number of rotatable bonds is 3. The minimum atomic E-state index is -0.796. The van der Waals surface area contributed by atoms with Crippen LogP contribution in [-0.2, 0) is 4.79 Å². The molecule has 1 aliphatic rings. The Balaban J connectivity index is 2.03. The van der Waals surface area contributed by atoms with Crippen LogP contribution in [-0.4, -0.2) is 11.1 Å². The molecule has 2 nitrogen and oxygen atoms in total. The van der Waals surface area contributed by atoms with Crippen LogP contribution in [0.3, 0.4) is 0 Å². The fourth-order valence-corrected chi connectivity index (χ4v) is 2.80. The van der Waals surface area contributed by atoms with Crippen LogP contribution in [0.4, 0.5) is 8.78 Å². The standard InChI is InChI=1S/C14H16F2O2/c15-11-2-1-3-12(16)14(11)10-6-4-9(5-7-10)8-13(17)18/h1-3,9-10H,4-8H2,(H,17,18). The van der Waals surface area contributed by atoms with Crippen LogP contribution in [0.2, 0.25) is 0 Å². The van der Waals surface area contributed by atoms with Crippen molar-refractivity contribution in [2.24, 2.45) is 5.92 Å². The molecule has 1 N–H and O–H groups in total. The first-order chi connectivity index (χ1) is 8.58. The third-order valence-electron chi connectivity index (χ3n) is 3.72. The van der Waals surface area contributed by atoms with Gasteiger partial charge in [-0.25, -0.2) is 8.78 Å². The first-order valence-corrected chi connectivity index (χ1v) is 6.23. The molecule has 0 radical (unpaired) electrons. The molecule has 18 heavy (non-hydrogen) atoms. The average molecular weight is 254 g/mol. The summed E-state index contributed by atoms with van der Waals surface area (Å²) in [6.07, 6.45) is 2.94. The van der Waals surface area contributed by atoms with Gasteiger partial charge in [-0.3, -0.25) is 4.79 Å². The highest BCUT2D eigenvalue weighted by Gasteiger charge is 2.27. The quantitative estimate of drug-likeness (QED) is 0.892. The molecule has 1 fully saturated rings. The lowest BCUT2D eigenvalue weighted by Gasteiger charge is -2.28. The minimum absolute atomic E-state index is 0.115. The Morgan fingerprint density at radius 2 is 1.72 bits per heavy atom. The molecule has 1 aromatic rings.